The van der Waals surface area contributed by atoms with E-state index in [4.69, 9.17) is 5.11 Å². The van der Waals surface area contributed by atoms with Gasteiger partial charge in [0.25, 0.3) is 0 Å². The van der Waals surface area contributed by atoms with Gasteiger partial charge in [0.1, 0.15) is 0 Å². The van der Waals surface area contributed by atoms with Crippen molar-refractivity contribution in [2.75, 3.05) is 11.5 Å². The molecular formula is C13H26O3S. The highest BCUT2D eigenvalue weighted by atomic mass is 32.2. The second-order valence-electron chi connectivity index (χ2n) is 4.47. The zero-order chi connectivity index (χ0) is 12.9. The van der Waals surface area contributed by atoms with Crippen LogP contribution < -0.4 is 0 Å². The number of carbonyl (C=O) groups is 1. The molecule has 0 aromatic rings. The van der Waals surface area contributed by atoms with Gasteiger partial charge in [0, 0.05) is 28.7 Å². The van der Waals surface area contributed by atoms with Crippen molar-refractivity contribution in [1.82, 2.24) is 0 Å². The van der Waals surface area contributed by atoms with Gasteiger partial charge in [-0.05, 0) is 12.8 Å². The van der Waals surface area contributed by atoms with Crippen molar-refractivity contribution < 1.29 is 14.1 Å². The van der Waals surface area contributed by atoms with E-state index >= 15 is 0 Å². The van der Waals surface area contributed by atoms with E-state index in [2.05, 4.69) is 6.92 Å². The fourth-order valence-electron chi connectivity index (χ4n) is 1.71. The van der Waals surface area contributed by atoms with Crippen molar-refractivity contribution in [2.45, 2.75) is 64.7 Å². The van der Waals surface area contributed by atoms with Crippen LogP contribution in [0.4, 0.5) is 0 Å². The average molecular weight is 262 g/mol. The first-order chi connectivity index (χ1) is 8.16. The van der Waals surface area contributed by atoms with Crippen molar-refractivity contribution in [1.29, 1.82) is 0 Å². The first-order valence-electron chi connectivity index (χ1n) is 6.73. The lowest BCUT2D eigenvalue weighted by Gasteiger charge is -2.02. The van der Waals surface area contributed by atoms with Crippen LogP contribution in [0.25, 0.3) is 0 Å². The molecule has 1 unspecified atom stereocenters. The summed E-state index contributed by atoms with van der Waals surface area (Å²) in [6, 6.07) is 0. The van der Waals surface area contributed by atoms with Crippen molar-refractivity contribution in [3.63, 3.8) is 0 Å². The van der Waals surface area contributed by atoms with E-state index in [9.17, 15) is 9.00 Å². The smallest absolute Gasteiger partial charge is 0.303 e. The minimum atomic E-state index is -0.809. The third-order valence-corrected chi connectivity index (χ3v) is 4.23. The molecule has 0 aromatic carbocycles. The Morgan fingerprint density at radius 3 is 2.06 bits per heavy atom. The zero-order valence-corrected chi connectivity index (χ0v) is 11.8. The molecule has 0 aliphatic carbocycles. The standard InChI is InChI=1S/C13H26O3S/c1-2-3-4-5-6-7-8-11-17(16)12-9-10-13(14)15/h2-12H2,1H3,(H,14,15). The molecular weight excluding hydrogens is 236 g/mol. The van der Waals surface area contributed by atoms with Gasteiger partial charge in [0.05, 0.1) is 0 Å². The third-order valence-electron chi connectivity index (χ3n) is 2.74. The number of rotatable bonds is 12. The second kappa shape index (κ2) is 12.1. The molecule has 0 amide bonds. The van der Waals surface area contributed by atoms with Gasteiger partial charge in [-0.1, -0.05) is 45.4 Å². The Labute approximate surface area is 107 Å². The SMILES string of the molecule is CCCCCCCCCS(=O)CCCC(=O)O. The summed E-state index contributed by atoms with van der Waals surface area (Å²) in [7, 11) is -0.809. The lowest BCUT2D eigenvalue weighted by atomic mass is 10.1. The van der Waals surface area contributed by atoms with E-state index in [0.29, 0.717) is 12.2 Å². The summed E-state index contributed by atoms with van der Waals surface area (Å²) in [5.74, 6) is 0.494. The van der Waals surface area contributed by atoms with Crippen LogP contribution in [0.5, 0.6) is 0 Å². The maximum atomic E-state index is 11.5. The Morgan fingerprint density at radius 2 is 1.47 bits per heavy atom. The quantitative estimate of drug-likeness (QED) is 0.549. The summed E-state index contributed by atoms with van der Waals surface area (Å²) in [5, 5.41) is 8.44. The van der Waals surface area contributed by atoms with E-state index in [1.165, 1.54) is 32.1 Å². The first-order valence-corrected chi connectivity index (χ1v) is 8.22. The van der Waals surface area contributed by atoms with Crippen molar-refractivity contribution >= 4 is 16.8 Å². The average Bonchev–Trinajstić information content (AvgIpc) is 2.27. The fourth-order valence-corrected chi connectivity index (χ4v) is 2.90. The topological polar surface area (TPSA) is 54.4 Å². The molecule has 102 valence electrons. The molecule has 0 radical (unpaired) electrons. The molecule has 0 saturated carbocycles. The van der Waals surface area contributed by atoms with Gasteiger partial charge in [0.15, 0.2) is 0 Å². The molecule has 17 heavy (non-hydrogen) atoms. The van der Waals surface area contributed by atoms with Gasteiger partial charge >= 0.3 is 5.97 Å². The molecule has 0 heterocycles. The fraction of sp³-hybridized carbons (Fsp3) is 0.923. The minimum Gasteiger partial charge on any atom is -0.481 e. The summed E-state index contributed by atoms with van der Waals surface area (Å²) in [6.45, 7) is 2.21. The maximum absolute atomic E-state index is 11.5. The van der Waals surface area contributed by atoms with Crippen LogP contribution in [0.15, 0.2) is 0 Å². The van der Waals surface area contributed by atoms with Gasteiger partial charge in [-0.25, -0.2) is 0 Å². The highest BCUT2D eigenvalue weighted by molar-refractivity contribution is 7.84. The van der Waals surface area contributed by atoms with Gasteiger partial charge in [-0.15, -0.1) is 0 Å². The van der Waals surface area contributed by atoms with E-state index in [1.807, 2.05) is 0 Å². The van der Waals surface area contributed by atoms with Gasteiger partial charge in [-0.3, -0.25) is 9.00 Å². The van der Waals surface area contributed by atoms with Crippen LogP contribution in [0.1, 0.15) is 64.7 Å². The predicted octanol–water partition coefficient (Wildman–Crippen LogP) is 3.35. The van der Waals surface area contributed by atoms with E-state index in [-0.39, 0.29) is 6.42 Å². The molecule has 0 spiro atoms. The molecule has 0 rings (SSSR count). The van der Waals surface area contributed by atoms with E-state index in [0.717, 1.165) is 18.6 Å². The van der Waals surface area contributed by atoms with Crippen molar-refractivity contribution in [2.24, 2.45) is 0 Å². The predicted molar refractivity (Wildman–Crippen MR) is 72.7 cm³/mol. The first kappa shape index (κ1) is 16.6. The van der Waals surface area contributed by atoms with Gasteiger partial charge in [0.2, 0.25) is 0 Å². The molecule has 0 aromatic heterocycles. The Kier molecular flexibility index (Phi) is 11.8. The second-order valence-corrected chi connectivity index (χ2v) is 6.16. The molecule has 3 nitrogen and oxygen atoms in total. The number of carboxylic acid groups (broad SMARTS) is 1. The van der Waals surface area contributed by atoms with Crippen molar-refractivity contribution in [3.8, 4) is 0 Å². The highest BCUT2D eigenvalue weighted by Crippen LogP contribution is 2.07. The number of hydrogen-bond donors (Lipinski definition) is 1. The largest absolute Gasteiger partial charge is 0.481 e. The third kappa shape index (κ3) is 13.6. The summed E-state index contributed by atoms with van der Waals surface area (Å²) in [6.07, 6.45) is 9.31. The Balaban J connectivity index is 3.19. The summed E-state index contributed by atoms with van der Waals surface area (Å²) in [4.78, 5) is 10.3. The summed E-state index contributed by atoms with van der Waals surface area (Å²) in [5.41, 5.74) is 0. The lowest BCUT2D eigenvalue weighted by Crippen LogP contribution is -2.05. The van der Waals surface area contributed by atoms with E-state index in [1.54, 1.807) is 0 Å². The molecule has 1 N–H and O–H groups in total. The van der Waals surface area contributed by atoms with Crippen LogP contribution >= 0.6 is 0 Å². The Hall–Kier alpha value is -0.380. The van der Waals surface area contributed by atoms with Crippen molar-refractivity contribution in [3.05, 3.63) is 0 Å². The molecule has 0 fully saturated rings. The van der Waals surface area contributed by atoms with Crippen LogP contribution in [0, 0.1) is 0 Å². The zero-order valence-electron chi connectivity index (χ0n) is 11.0. The minimum absolute atomic E-state index is 0.142. The lowest BCUT2D eigenvalue weighted by molar-refractivity contribution is -0.137. The number of hydrogen-bond acceptors (Lipinski definition) is 2. The van der Waals surface area contributed by atoms with Gasteiger partial charge < -0.3 is 5.11 Å². The Bertz CT molecular complexity index is 217. The number of aliphatic carboxylic acids is 1. The summed E-state index contributed by atoms with van der Waals surface area (Å²) < 4.78 is 11.5. The molecule has 1 atom stereocenters. The molecule has 0 bridgehead atoms. The molecule has 0 saturated heterocycles. The summed E-state index contributed by atoms with van der Waals surface area (Å²) >= 11 is 0. The molecule has 0 aliphatic heterocycles. The maximum Gasteiger partial charge on any atom is 0.303 e. The van der Waals surface area contributed by atoms with Gasteiger partial charge in [-0.2, -0.15) is 0 Å². The van der Waals surface area contributed by atoms with E-state index < -0.39 is 16.8 Å². The van der Waals surface area contributed by atoms with Crippen LogP contribution in [0.3, 0.4) is 0 Å². The molecule has 4 heteroatoms. The monoisotopic (exact) mass is 262 g/mol. The Morgan fingerprint density at radius 1 is 0.941 bits per heavy atom. The van der Waals surface area contributed by atoms with Crippen LogP contribution in [0.2, 0.25) is 0 Å². The number of carboxylic acids is 1. The highest BCUT2D eigenvalue weighted by Gasteiger charge is 2.02. The van der Waals surface area contributed by atoms with Crippen LogP contribution in [-0.2, 0) is 15.6 Å². The molecule has 0 aliphatic rings. The normalized spacial score (nSPS) is 12.5. The number of unbranched alkanes of at least 4 members (excludes halogenated alkanes) is 6. The van der Waals surface area contributed by atoms with Crippen LogP contribution in [-0.4, -0.2) is 26.8 Å².